The number of aromatic nitrogens is 2. The second-order valence-corrected chi connectivity index (χ2v) is 3.49. The molecular weight excluding hydrogens is 230 g/mol. The molecule has 2 rings (SSSR count). The van der Waals surface area contributed by atoms with Crippen LogP contribution in [0.4, 0.5) is 5.69 Å². The molecule has 0 fully saturated rings. The highest BCUT2D eigenvalue weighted by Gasteiger charge is 2.15. The van der Waals surface area contributed by atoms with Gasteiger partial charge in [-0.3, -0.25) is 4.79 Å². The number of nitrogens with zero attached hydrogens (tertiary/aromatic N) is 2. The van der Waals surface area contributed by atoms with Gasteiger partial charge in [0.15, 0.2) is 5.15 Å². The van der Waals surface area contributed by atoms with Crippen molar-refractivity contribution in [2.45, 2.75) is 6.92 Å². The third-order valence-electron chi connectivity index (χ3n) is 1.96. The molecule has 0 unspecified atom stereocenters. The van der Waals surface area contributed by atoms with Crippen molar-refractivity contribution in [3.05, 3.63) is 41.0 Å². The van der Waals surface area contributed by atoms with Gasteiger partial charge in [0, 0.05) is 11.8 Å². The van der Waals surface area contributed by atoms with Crippen LogP contribution in [0.15, 0.2) is 29.0 Å². The van der Waals surface area contributed by atoms with Gasteiger partial charge in [0.25, 0.3) is 5.91 Å². The Hall–Kier alpha value is -1.88. The Morgan fingerprint density at radius 2 is 2.38 bits per heavy atom. The van der Waals surface area contributed by atoms with Gasteiger partial charge < -0.3 is 9.84 Å². The molecule has 2 aromatic heterocycles. The maximum absolute atomic E-state index is 11.7. The second-order valence-electron chi connectivity index (χ2n) is 3.13. The number of rotatable bonds is 2. The third kappa shape index (κ3) is 2.04. The van der Waals surface area contributed by atoms with Crippen molar-refractivity contribution in [1.82, 2.24) is 10.1 Å². The molecule has 1 N–H and O–H groups in total. The summed E-state index contributed by atoms with van der Waals surface area (Å²) in [5.41, 5.74) is 1.10. The van der Waals surface area contributed by atoms with Gasteiger partial charge in [0.1, 0.15) is 0 Å². The number of pyridine rings is 1. The summed E-state index contributed by atoms with van der Waals surface area (Å²) in [6.45, 7) is 1.73. The van der Waals surface area contributed by atoms with Crippen LogP contribution in [0.5, 0.6) is 0 Å². The number of amides is 1. The quantitative estimate of drug-likeness (QED) is 0.814. The number of halogens is 1. The van der Waals surface area contributed by atoms with Crippen LogP contribution in [0.2, 0.25) is 5.15 Å². The molecule has 0 atom stereocenters. The summed E-state index contributed by atoms with van der Waals surface area (Å²) in [5, 5.41) is 6.34. The molecule has 0 saturated heterocycles. The molecular formula is C10H8ClN3O2. The molecule has 0 radical (unpaired) electrons. The van der Waals surface area contributed by atoms with Crippen LogP contribution in [0.3, 0.4) is 0 Å². The number of anilines is 1. The summed E-state index contributed by atoms with van der Waals surface area (Å²) in [4.78, 5) is 15.6. The van der Waals surface area contributed by atoms with Gasteiger partial charge in [-0.1, -0.05) is 16.8 Å². The minimum Gasteiger partial charge on any atom is -0.351 e. The molecule has 6 heteroatoms. The lowest BCUT2D eigenvalue weighted by Crippen LogP contribution is -2.12. The fourth-order valence-electron chi connectivity index (χ4n) is 1.17. The Balaban J connectivity index is 2.21. The van der Waals surface area contributed by atoms with Crippen LogP contribution in [0, 0.1) is 6.92 Å². The molecule has 0 spiro atoms. The van der Waals surface area contributed by atoms with Gasteiger partial charge in [0.05, 0.1) is 11.9 Å². The standard InChI is InChI=1S/C10H8ClN3O2/c1-6-5-13-16-8(6)10(15)14-7-3-2-4-12-9(7)11/h2-5H,1H3,(H,14,15). The van der Waals surface area contributed by atoms with Gasteiger partial charge in [-0.15, -0.1) is 0 Å². The topological polar surface area (TPSA) is 68.0 Å². The Kier molecular flexibility index (Phi) is 2.87. The van der Waals surface area contributed by atoms with E-state index < -0.39 is 5.91 Å². The highest BCUT2D eigenvalue weighted by Crippen LogP contribution is 2.19. The molecule has 0 aromatic carbocycles. The molecule has 0 aliphatic heterocycles. The molecule has 2 heterocycles. The number of hydrogen-bond acceptors (Lipinski definition) is 4. The van der Waals surface area contributed by atoms with Crippen molar-refractivity contribution < 1.29 is 9.32 Å². The summed E-state index contributed by atoms with van der Waals surface area (Å²) in [6, 6.07) is 3.33. The molecule has 2 aromatic rings. The van der Waals surface area contributed by atoms with Crippen LogP contribution in [0.1, 0.15) is 16.1 Å². The van der Waals surface area contributed by atoms with Gasteiger partial charge in [-0.25, -0.2) is 4.98 Å². The Morgan fingerprint density at radius 1 is 1.56 bits per heavy atom. The Morgan fingerprint density at radius 3 is 3.00 bits per heavy atom. The smallest absolute Gasteiger partial charge is 0.294 e. The van der Waals surface area contributed by atoms with Crippen LogP contribution in [-0.4, -0.2) is 16.0 Å². The number of carbonyl (C=O) groups excluding carboxylic acids is 1. The van der Waals surface area contributed by atoms with Crippen LogP contribution < -0.4 is 5.32 Å². The van der Waals surface area contributed by atoms with E-state index in [9.17, 15) is 4.79 Å². The molecule has 5 nitrogen and oxygen atoms in total. The van der Waals surface area contributed by atoms with E-state index in [4.69, 9.17) is 16.1 Å². The van der Waals surface area contributed by atoms with Crippen molar-refractivity contribution >= 4 is 23.2 Å². The maximum atomic E-state index is 11.7. The lowest BCUT2D eigenvalue weighted by Gasteiger charge is -2.03. The molecule has 0 aliphatic carbocycles. The van der Waals surface area contributed by atoms with Crippen LogP contribution in [0.25, 0.3) is 0 Å². The van der Waals surface area contributed by atoms with E-state index in [-0.39, 0.29) is 10.9 Å². The van der Waals surface area contributed by atoms with Crippen molar-refractivity contribution in [2.75, 3.05) is 5.32 Å². The van der Waals surface area contributed by atoms with Crippen molar-refractivity contribution in [2.24, 2.45) is 0 Å². The fourth-order valence-corrected chi connectivity index (χ4v) is 1.33. The summed E-state index contributed by atoms with van der Waals surface area (Å²) in [7, 11) is 0. The first-order valence-electron chi connectivity index (χ1n) is 4.51. The van der Waals surface area contributed by atoms with E-state index in [2.05, 4.69) is 15.5 Å². The first-order chi connectivity index (χ1) is 7.68. The Labute approximate surface area is 96.4 Å². The first kappa shape index (κ1) is 10.6. The molecule has 16 heavy (non-hydrogen) atoms. The van der Waals surface area contributed by atoms with Crippen molar-refractivity contribution in [3.63, 3.8) is 0 Å². The average Bonchev–Trinajstić information content (AvgIpc) is 2.68. The SMILES string of the molecule is Cc1cnoc1C(=O)Nc1cccnc1Cl. The van der Waals surface area contributed by atoms with E-state index in [0.717, 1.165) is 0 Å². The fraction of sp³-hybridized carbons (Fsp3) is 0.100. The lowest BCUT2D eigenvalue weighted by molar-refractivity contribution is 0.0987. The largest absolute Gasteiger partial charge is 0.351 e. The molecule has 0 aliphatic rings. The normalized spacial score (nSPS) is 10.1. The summed E-state index contributed by atoms with van der Waals surface area (Å²) >= 11 is 5.80. The highest BCUT2D eigenvalue weighted by molar-refractivity contribution is 6.32. The van der Waals surface area contributed by atoms with Gasteiger partial charge in [-0.05, 0) is 19.1 Å². The number of hydrogen-bond donors (Lipinski definition) is 1. The molecule has 82 valence electrons. The zero-order valence-electron chi connectivity index (χ0n) is 8.40. The second kappa shape index (κ2) is 4.32. The monoisotopic (exact) mass is 237 g/mol. The van der Waals surface area contributed by atoms with Gasteiger partial charge in [0.2, 0.25) is 5.76 Å². The van der Waals surface area contributed by atoms with Crippen molar-refractivity contribution in [3.8, 4) is 0 Å². The van der Waals surface area contributed by atoms with Gasteiger partial charge in [-0.2, -0.15) is 0 Å². The summed E-state index contributed by atoms with van der Waals surface area (Å²) in [6.07, 6.45) is 3.01. The molecule has 0 bridgehead atoms. The summed E-state index contributed by atoms with van der Waals surface area (Å²) in [5.74, 6) is -0.232. The zero-order valence-corrected chi connectivity index (χ0v) is 9.15. The van der Waals surface area contributed by atoms with E-state index in [0.29, 0.717) is 11.3 Å². The first-order valence-corrected chi connectivity index (χ1v) is 4.89. The Bertz CT molecular complexity index is 524. The minimum absolute atomic E-state index is 0.167. The zero-order chi connectivity index (χ0) is 11.5. The maximum Gasteiger partial charge on any atom is 0.294 e. The van der Waals surface area contributed by atoms with Gasteiger partial charge >= 0.3 is 0 Å². The van der Waals surface area contributed by atoms with E-state index in [1.807, 2.05) is 0 Å². The predicted octanol–water partition coefficient (Wildman–Crippen LogP) is 2.28. The number of carbonyl (C=O) groups is 1. The van der Waals surface area contributed by atoms with Crippen molar-refractivity contribution in [1.29, 1.82) is 0 Å². The summed E-state index contributed by atoms with van der Waals surface area (Å²) < 4.78 is 4.81. The molecule has 1 amide bonds. The highest BCUT2D eigenvalue weighted by atomic mass is 35.5. The van der Waals surface area contributed by atoms with E-state index in [1.54, 1.807) is 19.1 Å². The van der Waals surface area contributed by atoms with Crippen LogP contribution >= 0.6 is 11.6 Å². The number of nitrogens with one attached hydrogen (secondary N) is 1. The lowest BCUT2D eigenvalue weighted by atomic mass is 10.3. The minimum atomic E-state index is -0.398. The van der Waals surface area contributed by atoms with E-state index in [1.165, 1.54) is 12.4 Å². The van der Waals surface area contributed by atoms with Crippen LogP contribution in [-0.2, 0) is 0 Å². The molecule has 0 saturated carbocycles. The third-order valence-corrected chi connectivity index (χ3v) is 2.26. The number of aryl methyl sites for hydroxylation is 1. The predicted molar refractivity (Wildman–Crippen MR) is 58.4 cm³/mol. The van der Waals surface area contributed by atoms with E-state index >= 15 is 0 Å². The average molecular weight is 238 g/mol.